The van der Waals surface area contributed by atoms with Crippen LogP contribution >= 0.6 is 35.3 Å². The Morgan fingerprint density at radius 3 is 2.62 bits per heavy atom. The van der Waals surface area contributed by atoms with Crippen molar-refractivity contribution in [1.82, 2.24) is 15.4 Å². The van der Waals surface area contributed by atoms with E-state index in [1.165, 1.54) is 4.88 Å². The van der Waals surface area contributed by atoms with Crippen molar-refractivity contribution < 1.29 is 8.42 Å². The Balaban J connectivity index is 0.00000400. The van der Waals surface area contributed by atoms with Gasteiger partial charge in [-0.1, -0.05) is 6.07 Å². The molecule has 0 aliphatic carbocycles. The number of hydrogen-bond donors (Lipinski definition) is 3. The van der Waals surface area contributed by atoms with E-state index < -0.39 is 10.0 Å². The first-order valence-electron chi connectivity index (χ1n) is 6.59. The molecule has 21 heavy (non-hydrogen) atoms. The minimum atomic E-state index is -3.13. The van der Waals surface area contributed by atoms with Crippen LogP contribution in [-0.4, -0.2) is 39.8 Å². The van der Waals surface area contributed by atoms with Gasteiger partial charge in [-0.2, -0.15) is 0 Å². The van der Waals surface area contributed by atoms with Gasteiger partial charge in [0.1, 0.15) is 0 Å². The number of sulfonamides is 1. The lowest BCUT2D eigenvalue weighted by atomic mass is 10.5. The van der Waals surface area contributed by atoms with Gasteiger partial charge in [0.2, 0.25) is 10.0 Å². The predicted octanol–water partition coefficient (Wildman–Crippen LogP) is 1.36. The summed E-state index contributed by atoms with van der Waals surface area (Å²) >= 11 is 1.66. The maximum absolute atomic E-state index is 11.3. The molecule has 1 aromatic heterocycles. The molecule has 0 fully saturated rings. The fraction of sp³-hybridized carbons (Fsp3) is 0.583. The molecule has 0 radical (unpaired) electrons. The number of nitrogens with one attached hydrogen (secondary N) is 3. The number of nitrogens with zero attached hydrogens (tertiary/aromatic N) is 1. The normalized spacial score (nSPS) is 11.8. The molecular weight excluding hydrogens is 423 g/mol. The summed E-state index contributed by atoms with van der Waals surface area (Å²) in [7, 11) is -3.13. The maximum Gasteiger partial charge on any atom is 0.211 e. The van der Waals surface area contributed by atoms with Crippen LogP contribution in [0.4, 0.5) is 0 Å². The molecule has 0 unspecified atom stereocenters. The van der Waals surface area contributed by atoms with Crippen molar-refractivity contribution in [2.24, 2.45) is 4.99 Å². The number of rotatable bonds is 8. The molecule has 122 valence electrons. The van der Waals surface area contributed by atoms with Crippen LogP contribution in [0.2, 0.25) is 0 Å². The molecule has 0 spiro atoms. The summed E-state index contributed by atoms with van der Waals surface area (Å²) in [6.07, 6.45) is 0. The highest BCUT2D eigenvalue weighted by atomic mass is 127. The summed E-state index contributed by atoms with van der Waals surface area (Å²) in [5, 5.41) is 8.24. The van der Waals surface area contributed by atoms with Crippen molar-refractivity contribution in [2.75, 3.05) is 25.4 Å². The highest BCUT2D eigenvalue weighted by Crippen LogP contribution is 2.09. The zero-order valence-electron chi connectivity index (χ0n) is 12.3. The van der Waals surface area contributed by atoms with Gasteiger partial charge in [-0.15, -0.1) is 35.3 Å². The van der Waals surface area contributed by atoms with Gasteiger partial charge in [0.25, 0.3) is 0 Å². The number of thiophene rings is 1. The fourth-order valence-corrected chi connectivity index (χ4v) is 2.64. The minimum Gasteiger partial charge on any atom is -0.357 e. The molecule has 0 atom stereocenters. The summed E-state index contributed by atoms with van der Waals surface area (Å²) in [5.41, 5.74) is 0. The summed E-state index contributed by atoms with van der Waals surface area (Å²) < 4.78 is 25.0. The van der Waals surface area contributed by atoms with E-state index in [2.05, 4.69) is 20.3 Å². The molecule has 0 saturated heterocycles. The van der Waals surface area contributed by atoms with E-state index in [-0.39, 0.29) is 29.7 Å². The number of aliphatic imine (C=N–C) groups is 1. The molecule has 0 saturated carbocycles. The highest BCUT2D eigenvalue weighted by Gasteiger charge is 2.04. The van der Waals surface area contributed by atoms with Crippen molar-refractivity contribution in [2.45, 2.75) is 20.4 Å². The van der Waals surface area contributed by atoms with Gasteiger partial charge in [-0.3, -0.25) is 0 Å². The van der Waals surface area contributed by atoms with Gasteiger partial charge in [-0.25, -0.2) is 18.1 Å². The molecule has 1 rings (SSSR count). The van der Waals surface area contributed by atoms with Gasteiger partial charge >= 0.3 is 0 Å². The lowest BCUT2D eigenvalue weighted by molar-refractivity contribution is 0.582. The number of hydrogen-bond acceptors (Lipinski definition) is 4. The van der Waals surface area contributed by atoms with Crippen LogP contribution in [0.1, 0.15) is 18.7 Å². The third-order valence-corrected chi connectivity index (χ3v) is 4.70. The smallest absolute Gasteiger partial charge is 0.211 e. The molecule has 6 nitrogen and oxygen atoms in total. The van der Waals surface area contributed by atoms with Gasteiger partial charge in [0, 0.05) is 24.5 Å². The standard InChI is InChI=1S/C12H22N4O2S2.HI/c1-3-13-12(15-10-11-6-5-9-19-11)14-7-8-16-20(17,18)4-2;/h5-6,9,16H,3-4,7-8,10H2,1-2H3,(H2,13,14,15);1H. The highest BCUT2D eigenvalue weighted by molar-refractivity contribution is 14.0. The first kappa shape index (κ1) is 20.6. The molecule has 0 bridgehead atoms. The zero-order chi connectivity index (χ0) is 14.8. The van der Waals surface area contributed by atoms with E-state index in [1.807, 2.05) is 24.4 Å². The third kappa shape index (κ3) is 9.27. The molecule has 0 aromatic carbocycles. The van der Waals surface area contributed by atoms with Crippen LogP contribution in [0.25, 0.3) is 0 Å². The van der Waals surface area contributed by atoms with Crippen molar-refractivity contribution >= 4 is 51.3 Å². The Labute approximate surface area is 147 Å². The van der Waals surface area contributed by atoms with Gasteiger partial charge < -0.3 is 10.6 Å². The van der Waals surface area contributed by atoms with Gasteiger partial charge in [0.15, 0.2) is 5.96 Å². The summed E-state index contributed by atoms with van der Waals surface area (Å²) in [5.74, 6) is 0.788. The molecule has 0 aliphatic rings. The van der Waals surface area contributed by atoms with E-state index in [0.717, 1.165) is 6.54 Å². The van der Waals surface area contributed by atoms with Gasteiger partial charge in [0.05, 0.1) is 12.3 Å². The second-order valence-corrected chi connectivity index (χ2v) is 7.13. The van der Waals surface area contributed by atoms with E-state index in [1.54, 1.807) is 18.3 Å². The summed E-state index contributed by atoms with van der Waals surface area (Å²) in [4.78, 5) is 5.63. The largest absolute Gasteiger partial charge is 0.357 e. The first-order valence-corrected chi connectivity index (χ1v) is 9.12. The van der Waals surface area contributed by atoms with Crippen molar-refractivity contribution in [3.63, 3.8) is 0 Å². The molecule has 1 aromatic rings. The Bertz CT molecular complexity index is 503. The third-order valence-electron chi connectivity index (χ3n) is 2.44. The van der Waals surface area contributed by atoms with E-state index in [0.29, 0.717) is 25.6 Å². The Morgan fingerprint density at radius 1 is 1.29 bits per heavy atom. The zero-order valence-corrected chi connectivity index (χ0v) is 16.2. The summed E-state index contributed by atoms with van der Waals surface area (Å²) in [6.45, 7) is 5.82. The molecule has 1 heterocycles. The van der Waals surface area contributed by atoms with Crippen LogP contribution < -0.4 is 15.4 Å². The van der Waals surface area contributed by atoms with E-state index >= 15 is 0 Å². The predicted molar refractivity (Wildman–Crippen MR) is 100 cm³/mol. The van der Waals surface area contributed by atoms with Crippen molar-refractivity contribution in [3.05, 3.63) is 22.4 Å². The maximum atomic E-state index is 11.3. The lowest BCUT2D eigenvalue weighted by Crippen LogP contribution is -2.41. The monoisotopic (exact) mass is 446 g/mol. The van der Waals surface area contributed by atoms with Crippen LogP contribution in [0.15, 0.2) is 22.5 Å². The second-order valence-electron chi connectivity index (χ2n) is 4.00. The minimum absolute atomic E-state index is 0. The molecular formula is C12H23IN4O2S2. The molecule has 0 aliphatic heterocycles. The average molecular weight is 446 g/mol. The Hall–Kier alpha value is -0.390. The van der Waals surface area contributed by atoms with Crippen LogP contribution in [0.5, 0.6) is 0 Å². The number of guanidine groups is 1. The van der Waals surface area contributed by atoms with Crippen LogP contribution in [0.3, 0.4) is 0 Å². The van der Waals surface area contributed by atoms with Crippen LogP contribution in [-0.2, 0) is 16.6 Å². The van der Waals surface area contributed by atoms with Gasteiger partial charge in [-0.05, 0) is 25.3 Å². The molecule has 9 heteroatoms. The molecule has 3 N–H and O–H groups in total. The fourth-order valence-electron chi connectivity index (χ4n) is 1.39. The van der Waals surface area contributed by atoms with Crippen molar-refractivity contribution in [3.8, 4) is 0 Å². The molecule has 0 amide bonds. The first-order chi connectivity index (χ1) is 9.57. The Morgan fingerprint density at radius 2 is 2.05 bits per heavy atom. The summed E-state index contributed by atoms with van der Waals surface area (Å²) in [6, 6.07) is 4.03. The SMILES string of the molecule is CCNC(=NCc1cccs1)NCCNS(=O)(=O)CC.I. The van der Waals surface area contributed by atoms with E-state index in [4.69, 9.17) is 0 Å². The van der Waals surface area contributed by atoms with E-state index in [9.17, 15) is 8.42 Å². The average Bonchev–Trinajstić information content (AvgIpc) is 2.94. The topological polar surface area (TPSA) is 82.6 Å². The number of halogens is 1. The van der Waals surface area contributed by atoms with Crippen LogP contribution in [0, 0.1) is 0 Å². The quantitative estimate of drug-likeness (QED) is 0.244. The Kier molecular flexibility index (Phi) is 11.0. The lowest BCUT2D eigenvalue weighted by Gasteiger charge is -2.11. The second kappa shape index (κ2) is 11.2. The van der Waals surface area contributed by atoms with Crippen molar-refractivity contribution in [1.29, 1.82) is 0 Å².